The minimum atomic E-state index is 0.0442. The van der Waals surface area contributed by atoms with Gasteiger partial charge in [0.1, 0.15) is 26.2 Å². The summed E-state index contributed by atoms with van der Waals surface area (Å²) >= 11 is 3.47. The summed E-state index contributed by atoms with van der Waals surface area (Å²) in [4.78, 5) is 13.4. The molecule has 2 rings (SSSR count). The van der Waals surface area contributed by atoms with Crippen LogP contribution in [0.2, 0.25) is 0 Å². The van der Waals surface area contributed by atoms with E-state index in [1.807, 2.05) is 25.1 Å². The van der Waals surface area contributed by atoms with Gasteiger partial charge in [0.15, 0.2) is 6.54 Å². The van der Waals surface area contributed by atoms with Crippen LogP contribution in [0.5, 0.6) is 0 Å². The summed E-state index contributed by atoms with van der Waals surface area (Å²) in [5, 5.41) is 4.99. The third-order valence-electron chi connectivity index (χ3n) is 3.69. The van der Waals surface area contributed by atoms with Gasteiger partial charge in [-0.3, -0.25) is 4.79 Å². The van der Waals surface area contributed by atoms with Crippen LogP contribution in [0.3, 0.4) is 0 Å². The Hall–Kier alpha value is -0.950. The molecule has 1 aliphatic rings. The van der Waals surface area contributed by atoms with Gasteiger partial charge in [0.05, 0.1) is 13.2 Å². The maximum absolute atomic E-state index is 11.9. The molecule has 116 valence electrons. The van der Waals surface area contributed by atoms with Gasteiger partial charge in [-0.05, 0) is 24.6 Å². The van der Waals surface area contributed by atoms with Gasteiger partial charge in [0.25, 0.3) is 5.91 Å². The molecule has 0 aliphatic carbocycles. The zero-order chi connectivity index (χ0) is 15.1. The van der Waals surface area contributed by atoms with E-state index in [1.54, 1.807) is 4.90 Å². The molecule has 6 heteroatoms. The van der Waals surface area contributed by atoms with Crippen molar-refractivity contribution in [1.82, 2.24) is 0 Å². The van der Waals surface area contributed by atoms with Crippen LogP contribution in [0.25, 0.3) is 0 Å². The second kappa shape index (κ2) is 8.48. The number of quaternary nitrogens is 2. The van der Waals surface area contributed by atoms with Crippen molar-refractivity contribution >= 4 is 27.5 Å². The first-order valence-electron chi connectivity index (χ1n) is 7.44. The van der Waals surface area contributed by atoms with Crippen LogP contribution < -0.4 is 15.5 Å². The predicted octanol–water partition coefficient (Wildman–Crippen LogP) is -0.825. The van der Waals surface area contributed by atoms with Gasteiger partial charge in [0.2, 0.25) is 0 Å². The summed E-state index contributed by atoms with van der Waals surface area (Å²) < 4.78 is 6.34. The van der Waals surface area contributed by atoms with Gasteiger partial charge >= 0.3 is 0 Å². The number of carbonyl (C=O) groups excluding carboxylic acids is 1. The highest BCUT2D eigenvalue weighted by Crippen LogP contribution is 2.20. The number of benzene rings is 1. The quantitative estimate of drug-likeness (QED) is 0.582. The zero-order valence-electron chi connectivity index (χ0n) is 12.5. The first-order valence-corrected chi connectivity index (χ1v) is 8.23. The Morgan fingerprint density at radius 1 is 1.43 bits per heavy atom. The molecule has 1 saturated heterocycles. The number of ether oxygens (including phenoxy) is 1. The number of carbonyl (C=O) groups is 1. The van der Waals surface area contributed by atoms with Crippen LogP contribution in [0.1, 0.15) is 5.56 Å². The lowest BCUT2D eigenvalue weighted by Gasteiger charge is -2.22. The number of hydrogen-bond acceptors (Lipinski definition) is 2. The highest BCUT2D eigenvalue weighted by Gasteiger charge is 2.14. The topological polar surface area (TPSA) is 59.4 Å². The fourth-order valence-corrected chi connectivity index (χ4v) is 2.71. The van der Waals surface area contributed by atoms with Crippen molar-refractivity contribution < 1.29 is 19.7 Å². The number of nitrogens with two attached hydrogens (primary N) is 1. The van der Waals surface area contributed by atoms with Gasteiger partial charge < -0.3 is 20.3 Å². The average molecular weight is 358 g/mol. The molecule has 1 amide bonds. The van der Waals surface area contributed by atoms with Crippen molar-refractivity contribution in [2.24, 2.45) is 0 Å². The standard InChI is InChI=1S/C15H22BrN3O2/c1-12-2-3-13(10-14(12)16)18-15(20)11-17-4-5-19-6-8-21-9-7-19/h2-3,10,17H,4-9,11H2,1H3,(H,18,20)/p+2. The van der Waals surface area contributed by atoms with E-state index < -0.39 is 0 Å². The summed E-state index contributed by atoms with van der Waals surface area (Å²) in [6.45, 7) is 8.44. The van der Waals surface area contributed by atoms with Crippen LogP contribution in [-0.4, -0.2) is 51.8 Å². The Kier molecular flexibility index (Phi) is 6.63. The normalized spacial score (nSPS) is 15.9. The number of aryl methyl sites for hydroxylation is 1. The van der Waals surface area contributed by atoms with E-state index >= 15 is 0 Å². The lowest BCUT2D eigenvalue weighted by Crippen LogP contribution is -3.16. The minimum Gasteiger partial charge on any atom is -0.370 e. The van der Waals surface area contributed by atoms with Gasteiger partial charge in [-0.2, -0.15) is 0 Å². The van der Waals surface area contributed by atoms with E-state index in [1.165, 1.54) is 0 Å². The molecule has 21 heavy (non-hydrogen) atoms. The van der Waals surface area contributed by atoms with Crippen molar-refractivity contribution in [2.45, 2.75) is 6.92 Å². The molecule has 0 aromatic heterocycles. The van der Waals surface area contributed by atoms with Crippen LogP contribution in [0, 0.1) is 6.92 Å². The number of hydrogen-bond donors (Lipinski definition) is 3. The highest BCUT2D eigenvalue weighted by atomic mass is 79.9. The maximum Gasteiger partial charge on any atom is 0.279 e. The number of anilines is 1. The Balaban J connectivity index is 1.63. The van der Waals surface area contributed by atoms with Crippen LogP contribution in [0.4, 0.5) is 5.69 Å². The fourth-order valence-electron chi connectivity index (χ4n) is 2.33. The molecule has 1 aliphatic heterocycles. The fraction of sp³-hybridized carbons (Fsp3) is 0.533. The second-order valence-electron chi connectivity index (χ2n) is 5.41. The summed E-state index contributed by atoms with van der Waals surface area (Å²) in [5.74, 6) is 0.0442. The van der Waals surface area contributed by atoms with Crippen molar-refractivity contribution in [2.75, 3.05) is 51.3 Å². The molecule has 1 heterocycles. The van der Waals surface area contributed by atoms with E-state index in [9.17, 15) is 4.79 Å². The lowest BCUT2D eigenvalue weighted by atomic mass is 10.2. The van der Waals surface area contributed by atoms with Crippen LogP contribution >= 0.6 is 15.9 Å². The third-order valence-corrected chi connectivity index (χ3v) is 4.54. The molecule has 1 fully saturated rings. The van der Waals surface area contributed by atoms with E-state index in [4.69, 9.17) is 4.74 Å². The molecule has 4 N–H and O–H groups in total. The monoisotopic (exact) mass is 357 g/mol. The van der Waals surface area contributed by atoms with E-state index in [-0.39, 0.29) is 5.91 Å². The molecule has 1 aromatic rings. The summed E-state index contributed by atoms with van der Waals surface area (Å²) in [6, 6.07) is 5.85. The van der Waals surface area contributed by atoms with Crippen LogP contribution in [0.15, 0.2) is 22.7 Å². The molecule has 0 bridgehead atoms. The summed E-state index contributed by atoms with van der Waals surface area (Å²) in [6.07, 6.45) is 0. The Morgan fingerprint density at radius 2 is 2.19 bits per heavy atom. The number of morpholine rings is 1. The van der Waals surface area contributed by atoms with E-state index in [0.717, 1.165) is 55.1 Å². The van der Waals surface area contributed by atoms with Gasteiger partial charge in [-0.15, -0.1) is 0 Å². The second-order valence-corrected chi connectivity index (χ2v) is 6.26. The molecule has 5 nitrogen and oxygen atoms in total. The molecule has 0 saturated carbocycles. The van der Waals surface area contributed by atoms with Crippen molar-refractivity contribution in [3.63, 3.8) is 0 Å². The minimum absolute atomic E-state index is 0.0442. The van der Waals surface area contributed by atoms with Crippen molar-refractivity contribution in [1.29, 1.82) is 0 Å². The summed E-state index contributed by atoms with van der Waals surface area (Å²) in [5.41, 5.74) is 2.00. The highest BCUT2D eigenvalue weighted by molar-refractivity contribution is 9.10. The average Bonchev–Trinajstić information content (AvgIpc) is 2.49. The lowest BCUT2D eigenvalue weighted by molar-refractivity contribution is -0.919. The van der Waals surface area contributed by atoms with Crippen molar-refractivity contribution in [3.8, 4) is 0 Å². The number of rotatable bonds is 6. The number of amides is 1. The Morgan fingerprint density at radius 3 is 2.90 bits per heavy atom. The molecule has 0 radical (unpaired) electrons. The Labute approximate surface area is 134 Å². The van der Waals surface area contributed by atoms with Crippen LogP contribution in [-0.2, 0) is 9.53 Å². The molecule has 0 atom stereocenters. The predicted molar refractivity (Wildman–Crippen MR) is 85.6 cm³/mol. The van der Waals surface area contributed by atoms with E-state index in [0.29, 0.717) is 6.54 Å². The van der Waals surface area contributed by atoms with Gasteiger partial charge in [-0.1, -0.05) is 22.0 Å². The molecule has 0 unspecified atom stereocenters. The molecular formula is C15H24BrN3O2+2. The summed E-state index contributed by atoms with van der Waals surface area (Å²) in [7, 11) is 0. The first-order chi connectivity index (χ1) is 10.1. The number of halogens is 1. The SMILES string of the molecule is Cc1ccc(NC(=O)C[NH2+]CC[NH+]2CCOCC2)cc1Br. The molecule has 1 aromatic carbocycles. The van der Waals surface area contributed by atoms with E-state index in [2.05, 4.69) is 26.6 Å². The Bertz CT molecular complexity index is 476. The third kappa shape index (κ3) is 5.74. The van der Waals surface area contributed by atoms with Gasteiger partial charge in [-0.25, -0.2) is 0 Å². The maximum atomic E-state index is 11.9. The van der Waals surface area contributed by atoms with Gasteiger partial charge in [0, 0.05) is 10.2 Å². The first kappa shape index (κ1) is 16.4. The smallest absolute Gasteiger partial charge is 0.279 e. The number of nitrogens with one attached hydrogen (secondary N) is 2. The zero-order valence-corrected chi connectivity index (χ0v) is 14.0. The largest absolute Gasteiger partial charge is 0.370 e. The molecular weight excluding hydrogens is 334 g/mol. The van der Waals surface area contributed by atoms with Crippen molar-refractivity contribution in [3.05, 3.63) is 28.2 Å². The molecule has 0 spiro atoms.